The fraction of sp³-hybridized carbons (Fsp3) is 0.167. The highest BCUT2D eigenvalue weighted by Crippen LogP contribution is 2.36. The molecule has 0 saturated heterocycles. The number of hydrogen-bond donors (Lipinski definition) is 1. The molecule has 2 N–H and O–H groups in total. The molecule has 0 radical (unpaired) electrons. The van der Waals surface area contributed by atoms with E-state index in [1.807, 2.05) is 54.6 Å². The third kappa shape index (κ3) is 3.77. The van der Waals surface area contributed by atoms with Crippen molar-refractivity contribution in [3.63, 3.8) is 0 Å². The summed E-state index contributed by atoms with van der Waals surface area (Å²) in [6, 6.07) is 19.7. The lowest BCUT2D eigenvalue weighted by atomic mass is 10.0. The molecule has 0 unspecified atom stereocenters. The normalized spacial score (nSPS) is 12.2. The Balaban J connectivity index is 1.54. The molecule has 3 aromatic carbocycles. The smallest absolute Gasteiger partial charge is 0.317 e. The van der Waals surface area contributed by atoms with Crippen LogP contribution in [0.25, 0.3) is 10.9 Å². The second-order valence-corrected chi connectivity index (χ2v) is 7.17. The van der Waals surface area contributed by atoms with Crippen LogP contribution < -0.4 is 24.7 Å². The molecule has 1 aromatic heterocycles. The molecule has 0 spiro atoms. The highest BCUT2D eigenvalue weighted by atomic mass is 16.7. The van der Waals surface area contributed by atoms with Gasteiger partial charge in [-0.1, -0.05) is 36.4 Å². The molecule has 7 heteroatoms. The summed E-state index contributed by atoms with van der Waals surface area (Å²) < 4.78 is 22.2. The zero-order valence-electron chi connectivity index (χ0n) is 17.0. The van der Waals surface area contributed by atoms with Gasteiger partial charge in [-0.2, -0.15) is 9.97 Å². The fourth-order valence-corrected chi connectivity index (χ4v) is 3.62. The third-order valence-corrected chi connectivity index (χ3v) is 5.16. The van der Waals surface area contributed by atoms with Crippen LogP contribution in [0.15, 0.2) is 60.7 Å². The van der Waals surface area contributed by atoms with Crippen molar-refractivity contribution in [2.45, 2.75) is 13.0 Å². The number of aromatic nitrogens is 2. The number of nitrogen functional groups attached to an aromatic ring is 1. The van der Waals surface area contributed by atoms with Crippen LogP contribution in [0.2, 0.25) is 0 Å². The van der Waals surface area contributed by atoms with Gasteiger partial charge in [-0.25, -0.2) is 0 Å². The average Bonchev–Trinajstić information content (AvgIpc) is 3.26. The summed E-state index contributed by atoms with van der Waals surface area (Å²) in [4.78, 5) is 9.27. The van der Waals surface area contributed by atoms with Crippen molar-refractivity contribution in [3.05, 3.63) is 77.5 Å². The van der Waals surface area contributed by atoms with Gasteiger partial charge in [-0.3, -0.25) is 0 Å². The molecule has 2 heterocycles. The number of methoxy groups -OCH3 is 1. The van der Waals surface area contributed by atoms with E-state index >= 15 is 0 Å². The minimum Gasteiger partial charge on any atom is -0.495 e. The molecule has 31 heavy (non-hydrogen) atoms. The number of benzene rings is 3. The maximum Gasteiger partial charge on any atom is 0.317 e. The maximum absolute atomic E-state index is 6.40. The summed E-state index contributed by atoms with van der Waals surface area (Å²) in [7, 11) is 1.59. The van der Waals surface area contributed by atoms with Crippen LogP contribution >= 0.6 is 0 Å². The molecule has 5 rings (SSSR count). The van der Waals surface area contributed by atoms with Gasteiger partial charge in [0.25, 0.3) is 0 Å². The van der Waals surface area contributed by atoms with Crippen molar-refractivity contribution in [1.29, 1.82) is 0 Å². The predicted octanol–water partition coefficient (Wildman–Crippen LogP) is 4.12. The minimum absolute atomic E-state index is 0.233. The van der Waals surface area contributed by atoms with Gasteiger partial charge >= 0.3 is 6.01 Å². The number of fused-ring (bicyclic) bond motifs is 2. The summed E-state index contributed by atoms with van der Waals surface area (Å²) in [5, 5.41) is 0.754. The SMILES string of the molecule is COc1ccc2nc(OCc3ccccc3)nc(Cc3ccc4c(c3)OCO4)c2c1N. The van der Waals surface area contributed by atoms with Crippen LogP contribution in [0.1, 0.15) is 16.8 Å². The van der Waals surface area contributed by atoms with Gasteiger partial charge in [0, 0.05) is 11.8 Å². The number of anilines is 1. The van der Waals surface area contributed by atoms with E-state index in [-0.39, 0.29) is 6.79 Å². The van der Waals surface area contributed by atoms with Crippen molar-refractivity contribution < 1.29 is 18.9 Å². The van der Waals surface area contributed by atoms with Gasteiger partial charge in [0.1, 0.15) is 12.4 Å². The van der Waals surface area contributed by atoms with Crippen molar-refractivity contribution in [1.82, 2.24) is 9.97 Å². The fourth-order valence-electron chi connectivity index (χ4n) is 3.62. The first kappa shape index (κ1) is 19.0. The van der Waals surface area contributed by atoms with E-state index in [2.05, 4.69) is 4.98 Å². The first-order valence-corrected chi connectivity index (χ1v) is 9.89. The minimum atomic E-state index is 0.233. The average molecular weight is 415 g/mol. The quantitative estimate of drug-likeness (QED) is 0.474. The lowest BCUT2D eigenvalue weighted by Crippen LogP contribution is -2.05. The summed E-state index contributed by atoms with van der Waals surface area (Å²) in [5.41, 5.74) is 10.4. The van der Waals surface area contributed by atoms with Gasteiger partial charge in [-0.05, 0) is 35.4 Å². The Kier molecular flexibility index (Phi) is 4.92. The van der Waals surface area contributed by atoms with Crippen LogP contribution in [0.3, 0.4) is 0 Å². The molecule has 0 saturated carbocycles. The van der Waals surface area contributed by atoms with E-state index in [1.54, 1.807) is 13.2 Å². The van der Waals surface area contributed by atoms with E-state index < -0.39 is 0 Å². The number of ether oxygens (including phenoxy) is 4. The van der Waals surface area contributed by atoms with E-state index in [0.717, 1.165) is 33.7 Å². The van der Waals surface area contributed by atoms with Crippen LogP contribution in [0.5, 0.6) is 23.3 Å². The van der Waals surface area contributed by atoms with Gasteiger partial charge in [-0.15, -0.1) is 0 Å². The van der Waals surface area contributed by atoms with E-state index in [1.165, 1.54) is 0 Å². The Morgan fingerprint density at radius 3 is 2.61 bits per heavy atom. The zero-order chi connectivity index (χ0) is 21.2. The Hall–Kier alpha value is -4.00. The Morgan fingerprint density at radius 2 is 1.77 bits per heavy atom. The van der Waals surface area contributed by atoms with Gasteiger partial charge in [0.15, 0.2) is 11.5 Å². The Morgan fingerprint density at radius 1 is 0.935 bits per heavy atom. The van der Waals surface area contributed by atoms with E-state index in [4.69, 9.17) is 29.7 Å². The molecule has 0 bridgehead atoms. The van der Waals surface area contributed by atoms with Gasteiger partial charge < -0.3 is 24.7 Å². The molecule has 0 amide bonds. The number of rotatable bonds is 6. The third-order valence-electron chi connectivity index (χ3n) is 5.16. The molecule has 0 atom stereocenters. The second-order valence-electron chi connectivity index (χ2n) is 7.17. The number of hydrogen-bond acceptors (Lipinski definition) is 7. The molecule has 4 aromatic rings. The Labute approximate surface area is 179 Å². The molecule has 156 valence electrons. The summed E-state index contributed by atoms with van der Waals surface area (Å²) in [6.45, 7) is 0.609. The molecule has 1 aliphatic rings. The van der Waals surface area contributed by atoms with Gasteiger partial charge in [0.2, 0.25) is 6.79 Å². The first-order chi connectivity index (χ1) is 15.2. The van der Waals surface area contributed by atoms with Crippen molar-refractivity contribution in [2.24, 2.45) is 0 Å². The summed E-state index contributed by atoms with van der Waals surface area (Å²) >= 11 is 0. The topological polar surface area (TPSA) is 88.7 Å². The highest BCUT2D eigenvalue weighted by molar-refractivity contribution is 5.95. The monoisotopic (exact) mass is 415 g/mol. The Bertz CT molecular complexity index is 1240. The van der Waals surface area contributed by atoms with Crippen molar-refractivity contribution in [2.75, 3.05) is 19.6 Å². The van der Waals surface area contributed by atoms with Crippen LogP contribution in [0.4, 0.5) is 5.69 Å². The highest BCUT2D eigenvalue weighted by Gasteiger charge is 2.18. The molecule has 7 nitrogen and oxygen atoms in total. The predicted molar refractivity (Wildman–Crippen MR) is 117 cm³/mol. The van der Waals surface area contributed by atoms with Crippen molar-refractivity contribution in [3.8, 4) is 23.3 Å². The second kappa shape index (κ2) is 8.02. The number of nitrogens with two attached hydrogens (primary N) is 1. The molecular formula is C24H21N3O4. The summed E-state index contributed by atoms with van der Waals surface area (Å²) in [6.07, 6.45) is 0.523. The number of nitrogens with zero attached hydrogens (tertiary/aromatic N) is 2. The van der Waals surface area contributed by atoms with Crippen LogP contribution in [-0.4, -0.2) is 23.9 Å². The van der Waals surface area contributed by atoms with Crippen molar-refractivity contribution >= 4 is 16.6 Å². The van der Waals surface area contributed by atoms with E-state index in [9.17, 15) is 0 Å². The van der Waals surface area contributed by atoms with Crippen LogP contribution in [0, 0.1) is 0 Å². The lowest BCUT2D eigenvalue weighted by molar-refractivity contribution is 0.174. The van der Waals surface area contributed by atoms with Gasteiger partial charge in [0.05, 0.1) is 24.0 Å². The van der Waals surface area contributed by atoms with Crippen LogP contribution in [-0.2, 0) is 13.0 Å². The molecular weight excluding hydrogens is 394 g/mol. The molecule has 1 aliphatic heterocycles. The zero-order valence-corrected chi connectivity index (χ0v) is 17.0. The maximum atomic E-state index is 6.40. The lowest BCUT2D eigenvalue weighted by Gasteiger charge is -2.14. The molecule has 0 aliphatic carbocycles. The summed E-state index contributed by atoms with van der Waals surface area (Å²) in [5.74, 6) is 2.05. The first-order valence-electron chi connectivity index (χ1n) is 9.89. The standard InChI is InChI=1S/C24H21N3O4/c1-28-20-10-8-17-22(23(20)25)18(11-16-7-9-19-21(12-16)31-14-30-19)27-24(26-17)29-13-15-5-3-2-4-6-15/h2-10,12H,11,13-14,25H2,1H3. The molecule has 0 fully saturated rings. The van der Waals surface area contributed by atoms with E-state index in [0.29, 0.717) is 36.0 Å². The largest absolute Gasteiger partial charge is 0.495 e.